The van der Waals surface area contributed by atoms with Crippen molar-refractivity contribution in [2.75, 3.05) is 32.8 Å². The van der Waals surface area contributed by atoms with Gasteiger partial charge in [0, 0.05) is 13.1 Å². The minimum Gasteiger partial charge on any atom is -0.372 e. The minimum absolute atomic E-state index is 0.523. The van der Waals surface area contributed by atoms with Gasteiger partial charge in [-0.15, -0.1) is 0 Å². The van der Waals surface area contributed by atoms with Gasteiger partial charge in [0.1, 0.15) is 0 Å². The first kappa shape index (κ1) is 10.4. The van der Waals surface area contributed by atoms with E-state index in [-0.39, 0.29) is 0 Å². The van der Waals surface area contributed by atoms with Crippen LogP contribution in [0.2, 0.25) is 0 Å². The Hall–Kier alpha value is -0.120. The van der Waals surface area contributed by atoms with Crippen LogP contribution in [0.4, 0.5) is 0 Å². The second-order valence-electron chi connectivity index (χ2n) is 4.38. The fourth-order valence-electron chi connectivity index (χ4n) is 1.77. The molecule has 2 atom stereocenters. The van der Waals surface area contributed by atoms with E-state index >= 15 is 0 Å². The summed E-state index contributed by atoms with van der Waals surface area (Å²) in [6.45, 7) is 7.63. The largest absolute Gasteiger partial charge is 0.372 e. The number of hydrogen-bond acceptors (Lipinski definition) is 3. The summed E-state index contributed by atoms with van der Waals surface area (Å²) in [5, 5.41) is 0. The molecule has 2 unspecified atom stereocenters. The maximum absolute atomic E-state index is 5.26. The molecule has 0 bridgehead atoms. The average molecular weight is 199 g/mol. The van der Waals surface area contributed by atoms with E-state index < -0.39 is 0 Å². The summed E-state index contributed by atoms with van der Waals surface area (Å²) in [5.41, 5.74) is 0. The molecular weight excluding hydrogens is 178 g/mol. The van der Waals surface area contributed by atoms with Gasteiger partial charge < -0.3 is 9.47 Å². The lowest BCUT2D eigenvalue weighted by Crippen LogP contribution is -2.32. The van der Waals surface area contributed by atoms with Crippen LogP contribution in [0, 0.1) is 0 Å². The molecule has 2 heterocycles. The molecule has 2 aliphatic rings. The first-order valence-electron chi connectivity index (χ1n) is 5.84. The number of nitrogens with zero attached hydrogens (tertiary/aromatic N) is 1. The van der Waals surface area contributed by atoms with Crippen LogP contribution in [0.15, 0.2) is 0 Å². The predicted octanol–water partition coefficient (Wildman–Crippen LogP) is 1.28. The normalized spacial score (nSPS) is 29.6. The van der Waals surface area contributed by atoms with E-state index in [4.69, 9.17) is 9.47 Å². The van der Waals surface area contributed by atoms with E-state index in [1.807, 2.05) is 0 Å². The Balaban J connectivity index is 1.61. The monoisotopic (exact) mass is 199 g/mol. The van der Waals surface area contributed by atoms with Crippen molar-refractivity contribution < 1.29 is 9.47 Å². The zero-order chi connectivity index (χ0) is 9.80. The van der Waals surface area contributed by atoms with Gasteiger partial charge in [-0.2, -0.15) is 0 Å². The molecule has 0 aliphatic carbocycles. The van der Waals surface area contributed by atoms with Gasteiger partial charge in [-0.05, 0) is 13.0 Å². The number of rotatable bonds is 8. The lowest BCUT2D eigenvalue weighted by molar-refractivity contribution is 0.216. The molecule has 2 saturated heterocycles. The van der Waals surface area contributed by atoms with Gasteiger partial charge in [0.15, 0.2) is 0 Å². The van der Waals surface area contributed by atoms with Crippen LogP contribution < -0.4 is 0 Å². The van der Waals surface area contributed by atoms with Crippen LogP contribution in [0.25, 0.3) is 0 Å². The SMILES string of the molecule is CCCCCN(CC1CO1)CC1CO1. The number of ether oxygens (including phenoxy) is 2. The van der Waals surface area contributed by atoms with Crippen LogP contribution in [0.5, 0.6) is 0 Å². The molecule has 0 aromatic carbocycles. The van der Waals surface area contributed by atoms with Gasteiger partial charge in [-0.25, -0.2) is 0 Å². The third-order valence-corrected chi connectivity index (χ3v) is 2.81. The number of hydrogen-bond donors (Lipinski definition) is 0. The highest BCUT2D eigenvalue weighted by Gasteiger charge is 2.30. The molecule has 2 aliphatic heterocycles. The first-order chi connectivity index (χ1) is 6.88. The summed E-state index contributed by atoms with van der Waals surface area (Å²) in [7, 11) is 0. The average Bonchev–Trinajstić information content (AvgIpc) is 2.99. The molecule has 0 N–H and O–H groups in total. The Morgan fingerprint density at radius 2 is 1.64 bits per heavy atom. The number of unbranched alkanes of at least 4 members (excludes halogenated alkanes) is 2. The van der Waals surface area contributed by atoms with Crippen molar-refractivity contribution in [1.29, 1.82) is 0 Å². The molecular formula is C11H21NO2. The summed E-state index contributed by atoms with van der Waals surface area (Å²) < 4.78 is 10.5. The topological polar surface area (TPSA) is 28.3 Å². The summed E-state index contributed by atoms with van der Waals surface area (Å²) in [4.78, 5) is 2.50. The van der Waals surface area contributed by atoms with Crippen molar-refractivity contribution in [3.63, 3.8) is 0 Å². The summed E-state index contributed by atoms with van der Waals surface area (Å²) in [6, 6.07) is 0. The van der Waals surface area contributed by atoms with Crippen molar-refractivity contribution in [3.8, 4) is 0 Å². The molecule has 14 heavy (non-hydrogen) atoms. The Kier molecular flexibility index (Phi) is 3.79. The van der Waals surface area contributed by atoms with Gasteiger partial charge in [-0.1, -0.05) is 19.8 Å². The van der Waals surface area contributed by atoms with Crippen LogP contribution >= 0.6 is 0 Å². The molecule has 0 aromatic heterocycles. The second-order valence-corrected chi connectivity index (χ2v) is 4.38. The Bertz CT molecular complexity index is 153. The lowest BCUT2D eigenvalue weighted by Gasteiger charge is -2.19. The van der Waals surface area contributed by atoms with Gasteiger partial charge in [-0.3, -0.25) is 4.90 Å². The zero-order valence-electron chi connectivity index (χ0n) is 9.08. The molecule has 2 rings (SSSR count). The van der Waals surface area contributed by atoms with E-state index in [2.05, 4.69) is 11.8 Å². The highest BCUT2D eigenvalue weighted by molar-refractivity contribution is 4.79. The Morgan fingerprint density at radius 1 is 1.07 bits per heavy atom. The molecule has 0 aromatic rings. The maximum Gasteiger partial charge on any atom is 0.0936 e. The molecule has 3 heteroatoms. The van der Waals surface area contributed by atoms with Crippen molar-refractivity contribution in [2.45, 2.75) is 38.4 Å². The molecule has 3 nitrogen and oxygen atoms in total. The highest BCUT2D eigenvalue weighted by atomic mass is 16.6. The molecule has 82 valence electrons. The van der Waals surface area contributed by atoms with Crippen LogP contribution in [-0.2, 0) is 9.47 Å². The lowest BCUT2D eigenvalue weighted by atomic mass is 10.2. The van der Waals surface area contributed by atoms with Crippen LogP contribution in [0.1, 0.15) is 26.2 Å². The van der Waals surface area contributed by atoms with Crippen molar-refractivity contribution in [2.24, 2.45) is 0 Å². The van der Waals surface area contributed by atoms with Crippen LogP contribution in [0.3, 0.4) is 0 Å². The highest BCUT2D eigenvalue weighted by Crippen LogP contribution is 2.16. The van der Waals surface area contributed by atoms with E-state index in [0.717, 1.165) is 26.3 Å². The van der Waals surface area contributed by atoms with Crippen LogP contribution in [-0.4, -0.2) is 50.0 Å². The molecule has 0 radical (unpaired) electrons. The fourth-order valence-corrected chi connectivity index (χ4v) is 1.77. The number of epoxide rings is 2. The molecule has 0 spiro atoms. The first-order valence-corrected chi connectivity index (χ1v) is 5.84. The third-order valence-electron chi connectivity index (χ3n) is 2.81. The quantitative estimate of drug-likeness (QED) is 0.435. The smallest absolute Gasteiger partial charge is 0.0936 e. The van der Waals surface area contributed by atoms with Crippen molar-refractivity contribution in [3.05, 3.63) is 0 Å². The standard InChI is InChI=1S/C11H21NO2/c1-2-3-4-5-12(6-10-8-13-10)7-11-9-14-11/h10-11H,2-9H2,1H3. The van der Waals surface area contributed by atoms with Gasteiger partial charge in [0.25, 0.3) is 0 Å². The van der Waals surface area contributed by atoms with E-state index in [9.17, 15) is 0 Å². The Morgan fingerprint density at radius 3 is 2.07 bits per heavy atom. The zero-order valence-corrected chi connectivity index (χ0v) is 9.08. The van der Waals surface area contributed by atoms with Gasteiger partial charge >= 0.3 is 0 Å². The summed E-state index contributed by atoms with van der Waals surface area (Å²) >= 11 is 0. The van der Waals surface area contributed by atoms with Crippen molar-refractivity contribution >= 4 is 0 Å². The van der Waals surface area contributed by atoms with E-state index in [1.54, 1.807) is 0 Å². The molecule has 0 saturated carbocycles. The summed E-state index contributed by atoms with van der Waals surface area (Å²) in [6.07, 6.45) is 5.00. The van der Waals surface area contributed by atoms with Gasteiger partial charge in [0.05, 0.1) is 25.4 Å². The maximum atomic E-state index is 5.26. The molecule has 2 fully saturated rings. The predicted molar refractivity (Wildman–Crippen MR) is 55.4 cm³/mol. The Labute approximate surface area is 86.4 Å². The second kappa shape index (κ2) is 5.10. The minimum atomic E-state index is 0.523. The third kappa shape index (κ3) is 3.95. The summed E-state index contributed by atoms with van der Waals surface area (Å²) in [5.74, 6) is 0. The van der Waals surface area contributed by atoms with Gasteiger partial charge in [0.2, 0.25) is 0 Å². The fraction of sp³-hybridized carbons (Fsp3) is 1.00. The van der Waals surface area contributed by atoms with Crippen molar-refractivity contribution in [1.82, 2.24) is 4.90 Å². The van der Waals surface area contributed by atoms with E-state index in [0.29, 0.717) is 12.2 Å². The van der Waals surface area contributed by atoms with E-state index in [1.165, 1.54) is 25.8 Å². The molecule has 0 amide bonds.